The minimum absolute atomic E-state index is 0.637. The molecule has 7 heteroatoms. The maximum absolute atomic E-state index is 6.09. The number of anilines is 1. The number of aromatic nitrogens is 4. The van der Waals surface area contributed by atoms with Crippen LogP contribution in [-0.4, -0.2) is 51.3 Å². The van der Waals surface area contributed by atoms with Gasteiger partial charge >= 0.3 is 0 Å². The Hall–Kier alpha value is -2.67. The van der Waals surface area contributed by atoms with Crippen LogP contribution < -0.4 is 10.5 Å². The Morgan fingerprint density at radius 1 is 1.16 bits per heavy atom. The lowest BCUT2D eigenvalue weighted by Crippen LogP contribution is -2.33. The van der Waals surface area contributed by atoms with Gasteiger partial charge in [0.05, 0.1) is 23.0 Å². The van der Waals surface area contributed by atoms with Crippen LogP contribution in [0.1, 0.15) is 19.3 Å². The second-order valence-corrected chi connectivity index (χ2v) is 6.36. The van der Waals surface area contributed by atoms with E-state index in [1.54, 1.807) is 6.20 Å². The Balaban J connectivity index is 1.51. The second kappa shape index (κ2) is 7.06. The zero-order valence-corrected chi connectivity index (χ0v) is 14.1. The summed E-state index contributed by atoms with van der Waals surface area (Å²) in [5.74, 6) is 0.699. The third kappa shape index (κ3) is 3.41. The minimum atomic E-state index is 0.637. The van der Waals surface area contributed by atoms with Gasteiger partial charge in [0, 0.05) is 12.1 Å². The standard InChI is InChI=1S/C18H22N6O/c19-15-5-4-13(17-14-11-22-23-18(14)21-12-20-17)10-16(15)25-9-8-24-6-2-1-3-7-24/h4-5,10-12H,1-3,6-9,19H2,(H,20,21,22,23). The van der Waals surface area contributed by atoms with Crippen LogP contribution in [-0.2, 0) is 0 Å². The SMILES string of the molecule is Nc1ccc(-c2ncnc3[nH]ncc23)cc1OCCN1CCCCC1. The third-order valence-corrected chi connectivity index (χ3v) is 4.65. The number of fused-ring (bicyclic) bond motifs is 1. The molecule has 0 spiro atoms. The van der Waals surface area contributed by atoms with Gasteiger partial charge in [-0.2, -0.15) is 5.10 Å². The fourth-order valence-electron chi connectivity index (χ4n) is 3.27. The predicted octanol–water partition coefficient (Wildman–Crippen LogP) is 2.47. The molecule has 0 amide bonds. The molecule has 1 saturated heterocycles. The summed E-state index contributed by atoms with van der Waals surface area (Å²) in [6, 6.07) is 5.75. The van der Waals surface area contributed by atoms with E-state index < -0.39 is 0 Å². The molecule has 0 aliphatic carbocycles. The van der Waals surface area contributed by atoms with Gasteiger partial charge in [-0.1, -0.05) is 12.5 Å². The van der Waals surface area contributed by atoms with Gasteiger partial charge in [-0.05, 0) is 38.1 Å². The second-order valence-electron chi connectivity index (χ2n) is 6.36. The van der Waals surface area contributed by atoms with E-state index in [-0.39, 0.29) is 0 Å². The van der Waals surface area contributed by atoms with Crippen molar-refractivity contribution in [1.29, 1.82) is 0 Å². The number of hydrogen-bond acceptors (Lipinski definition) is 6. The summed E-state index contributed by atoms with van der Waals surface area (Å²) >= 11 is 0. The van der Waals surface area contributed by atoms with Gasteiger partial charge in [-0.15, -0.1) is 0 Å². The van der Waals surface area contributed by atoms with E-state index in [1.165, 1.54) is 25.6 Å². The average molecular weight is 338 g/mol. The normalized spacial score (nSPS) is 15.5. The molecule has 1 fully saturated rings. The number of nitrogens with one attached hydrogen (secondary N) is 1. The van der Waals surface area contributed by atoms with Crippen molar-refractivity contribution in [1.82, 2.24) is 25.1 Å². The van der Waals surface area contributed by atoms with Crippen LogP contribution in [0.5, 0.6) is 5.75 Å². The van der Waals surface area contributed by atoms with Crippen molar-refractivity contribution in [2.75, 3.05) is 32.0 Å². The van der Waals surface area contributed by atoms with Gasteiger partial charge in [-0.3, -0.25) is 10.00 Å². The largest absolute Gasteiger partial charge is 0.490 e. The van der Waals surface area contributed by atoms with E-state index in [0.717, 1.165) is 41.9 Å². The van der Waals surface area contributed by atoms with Gasteiger partial charge in [-0.25, -0.2) is 9.97 Å². The summed E-state index contributed by atoms with van der Waals surface area (Å²) in [5, 5.41) is 7.78. The van der Waals surface area contributed by atoms with E-state index in [2.05, 4.69) is 25.1 Å². The number of nitrogen functional groups attached to an aromatic ring is 1. The minimum Gasteiger partial charge on any atom is -0.490 e. The van der Waals surface area contributed by atoms with Crippen molar-refractivity contribution in [3.05, 3.63) is 30.7 Å². The maximum Gasteiger partial charge on any atom is 0.159 e. The van der Waals surface area contributed by atoms with Gasteiger partial charge < -0.3 is 10.5 Å². The molecule has 0 bridgehead atoms. The average Bonchev–Trinajstić information content (AvgIpc) is 3.13. The Labute approximate surface area is 146 Å². The zero-order chi connectivity index (χ0) is 17.1. The molecular weight excluding hydrogens is 316 g/mol. The third-order valence-electron chi connectivity index (χ3n) is 4.65. The van der Waals surface area contributed by atoms with E-state index >= 15 is 0 Å². The quantitative estimate of drug-likeness (QED) is 0.694. The summed E-state index contributed by atoms with van der Waals surface area (Å²) < 4.78 is 5.96. The van der Waals surface area contributed by atoms with Gasteiger partial charge in [0.2, 0.25) is 0 Å². The smallest absolute Gasteiger partial charge is 0.159 e. The molecule has 2 aromatic heterocycles. The summed E-state index contributed by atoms with van der Waals surface area (Å²) in [5.41, 5.74) is 9.21. The van der Waals surface area contributed by atoms with Gasteiger partial charge in [0.15, 0.2) is 5.65 Å². The fourth-order valence-corrected chi connectivity index (χ4v) is 3.27. The highest BCUT2D eigenvalue weighted by molar-refractivity contribution is 5.90. The van der Waals surface area contributed by atoms with E-state index in [1.807, 2.05) is 18.2 Å². The van der Waals surface area contributed by atoms with Crippen molar-refractivity contribution in [2.24, 2.45) is 0 Å². The van der Waals surface area contributed by atoms with Gasteiger partial charge in [0.1, 0.15) is 18.7 Å². The van der Waals surface area contributed by atoms with Gasteiger partial charge in [0.25, 0.3) is 0 Å². The van der Waals surface area contributed by atoms with E-state index in [9.17, 15) is 0 Å². The lowest BCUT2D eigenvalue weighted by Gasteiger charge is -2.26. The van der Waals surface area contributed by atoms with E-state index in [0.29, 0.717) is 18.0 Å². The number of piperidine rings is 1. The highest BCUT2D eigenvalue weighted by atomic mass is 16.5. The van der Waals surface area contributed by atoms with Crippen LogP contribution >= 0.6 is 0 Å². The number of ether oxygens (including phenoxy) is 1. The number of rotatable bonds is 5. The first-order chi connectivity index (χ1) is 12.3. The molecule has 3 N–H and O–H groups in total. The van der Waals surface area contributed by atoms with Crippen LogP contribution in [0.15, 0.2) is 30.7 Å². The van der Waals surface area contributed by atoms with E-state index in [4.69, 9.17) is 10.5 Å². The molecule has 130 valence electrons. The first kappa shape index (κ1) is 15.8. The summed E-state index contributed by atoms with van der Waals surface area (Å²) in [6.07, 6.45) is 7.17. The van der Waals surface area contributed by atoms with Crippen molar-refractivity contribution in [3.8, 4) is 17.0 Å². The van der Waals surface area contributed by atoms with Crippen molar-refractivity contribution >= 4 is 16.7 Å². The van der Waals surface area contributed by atoms with Crippen LogP contribution in [0.4, 0.5) is 5.69 Å². The zero-order valence-electron chi connectivity index (χ0n) is 14.1. The van der Waals surface area contributed by atoms with Crippen LogP contribution in [0.2, 0.25) is 0 Å². The molecule has 0 saturated carbocycles. The lowest BCUT2D eigenvalue weighted by molar-refractivity contribution is 0.184. The number of benzene rings is 1. The van der Waals surface area contributed by atoms with Crippen LogP contribution in [0.3, 0.4) is 0 Å². The van der Waals surface area contributed by atoms with Crippen molar-refractivity contribution in [2.45, 2.75) is 19.3 Å². The summed E-state index contributed by atoms with van der Waals surface area (Å²) in [6.45, 7) is 3.90. The van der Waals surface area contributed by atoms with Crippen molar-refractivity contribution < 1.29 is 4.74 Å². The molecular formula is C18H22N6O. The Kier molecular flexibility index (Phi) is 4.47. The highest BCUT2D eigenvalue weighted by Crippen LogP contribution is 2.30. The number of H-pyrrole nitrogens is 1. The first-order valence-electron chi connectivity index (χ1n) is 8.70. The Bertz CT molecular complexity index is 856. The van der Waals surface area contributed by atoms with Crippen LogP contribution in [0, 0.1) is 0 Å². The molecule has 3 heterocycles. The highest BCUT2D eigenvalue weighted by Gasteiger charge is 2.12. The molecule has 0 atom stereocenters. The topological polar surface area (TPSA) is 93.0 Å². The molecule has 1 aliphatic rings. The van der Waals surface area contributed by atoms with Crippen molar-refractivity contribution in [3.63, 3.8) is 0 Å². The predicted molar refractivity (Wildman–Crippen MR) is 97.3 cm³/mol. The molecule has 4 rings (SSSR count). The number of aromatic amines is 1. The maximum atomic E-state index is 6.09. The lowest BCUT2D eigenvalue weighted by atomic mass is 10.1. The summed E-state index contributed by atoms with van der Waals surface area (Å²) in [4.78, 5) is 11.0. The number of likely N-dealkylation sites (tertiary alicyclic amines) is 1. The van der Waals surface area contributed by atoms with Crippen LogP contribution in [0.25, 0.3) is 22.3 Å². The summed E-state index contributed by atoms with van der Waals surface area (Å²) in [7, 11) is 0. The molecule has 0 radical (unpaired) electrons. The first-order valence-corrected chi connectivity index (χ1v) is 8.70. The fraction of sp³-hybridized carbons (Fsp3) is 0.389. The Morgan fingerprint density at radius 3 is 2.92 bits per heavy atom. The molecule has 0 unspecified atom stereocenters. The number of hydrogen-bond donors (Lipinski definition) is 2. The Morgan fingerprint density at radius 2 is 2.04 bits per heavy atom. The molecule has 1 aliphatic heterocycles. The monoisotopic (exact) mass is 338 g/mol. The molecule has 1 aromatic carbocycles. The number of nitrogens with two attached hydrogens (primary N) is 1. The molecule has 7 nitrogen and oxygen atoms in total. The molecule has 3 aromatic rings. The number of nitrogens with zero attached hydrogens (tertiary/aromatic N) is 4. The molecule has 25 heavy (non-hydrogen) atoms.